The van der Waals surface area contributed by atoms with Crippen molar-refractivity contribution in [1.29, 1.82) is 0 Å². The Labute approximate surface area is 85.2 Å². The van der Waals surface area contributed by atoms with E-state index in [1.54, 1.807) is 14.2 Å². The Hall–Kier alpha value is -0.160. The summed E-state index contributed by atoms with van der Waals surface area (Å²) in [6, 6.07) is 0. The number of hydrogen-bond donors (Lipinski definition) is 1. The fourth-order valence-corrected chi connectivity index (χ4v) is 2.08. The van der Waals surface area contributed by atoms with Crippen LogP contribution in [0.5, 0.6) is 0 Å². The summed E-state index contributed by atoms with van der Waals surface area (Å²) < 4.78 is 16.2. The van der Waals surface area contributed by atoms with Crippen LogP contribution in [0.2, 0.25) is 0 Å². The molecule has 84 valence electrons. The SMILES string of the molecule is CO[C@H]1C[C@@](C)(OC)C(CO)[C@H](C)O1. The molecule has 1 heterocycles. The minimum Gasteiger partial charge on any atom is -0.396 e. The Balaban J connectivity index is 2.77. The summed E-state index contributed by atoms with van der Waals surface area (Å²) in [4.78, 5) is 0. The minimum atomic E-state index is -0.368. The summed E-state index contributed by atoms with van der Waals surface area (Å²) in [5.74, 6) is -0.00102. The van der Waals surface area contributed by atoms with Crippen molar-refractivity contribution < 1.29 is 19.3 Å². The Morgan fingerprint density at radius 1 is 1.50 bits per heavy atom. The lowest BCUT2D eigenvalue weighted by molar-refractivity contribution is -0.259. The van der Waals surface area contributed by atoms with Crippen LogP contribution in [0.3, 0.4) is 0 Å². The molecule has 0 spiro atoms. The van der Waals surface area contributed by atoms with Crippen LogP contribution in [-0.2, 0) is 14.2 Å². The molecule has 1 saturated heterocycles. The molecule has 4 nitrogen and oxygen atoms in total. The lowest BCUT2D eigenvalue weighted by atomic mass is 9.80. The molecular weight excluding hydrogens is 184 g/mol. The van der Waals surface area contributed by atoms with Gasteiger partial charge in [0.1, 0.15) is 0 Å². The van der Waals surface area contributed by atoms with Crippen molar-refractivity contribution in [3.63, 3.8) is 0 Å². The monoisotopic (exact) mass is 204 g/mol. The molecule has 0 aromatic heterocycles. The molecule has 0 radical (unpaired) electrons. The number of hydrogen-bond acceptors (Lipinski definition) is 4. The van der Waals surface area contributed by atoms with Gasteiger partial charge in [-0.25, -0.2) is 0 Å². The van der Waals surface area contributed by atoms with Gasteiger partial charge in [-0.05, 0) is 13.8 Å². The van der Waals surface area contributed by atoms with Crippen LogP contribution >= 0.6 is 0 Å². The number of rotatable bonds is 3. The van der Waals surface area contributed by atoms with Gasteiger partial charge >= 0.3 is 0 Å². The van der Waals surface area contributed by atoms with Crippen molar-refractivity contribution >= 4 is 0 Å². The molecule has 0 aromatic rings. The van der Waals surface area contributed by atoms with Gasteiger partial charge in [-0.1, -0.05) is 0 Å². The second-order valence-corrected chi connectivity index (χ2v) is 4.02. The maximum Gasteiger partial charge on any atom is 0.160 e. The first-order valence-electron chi connectivity index (χ1n) is 4.91. The van der Waals surface area contributed by atoms with Crippen LogP contribution in [0, 0.1) is 5.92 Å². The van der Waals surface area contributed by atoms with E-state index in [0.29, 0.717) is 6.42 Å². The summed E-state index contributed by atoms with van der Waals surface area (Å²) in [6.07, 6.45) is 0.358. The van der Waals surface area contributed by atoms with Crippen molar-refractivity contribution in [2.45, 2.75) is 38.3 Å². The smallest absolute Gasteiger partial charge is 0.160 e. The molecule has 1 N–H and O–H groups in total. The third-order valence-corrected chi connectivity index (χ3v) is 3.22. The van der Waals surface area contributed by atoms with E-state index in [-0.39, 0.29) is 30.5 Å². The highest BCUT2D eigenvalue weighted by atomic mass is 16.7. The first-order chi connectivity index (χ1) is 6.57. The maximum absolute atomic E-state index is 9.29. The van der Waals surface area contributed by atoms with Gasteiger partial charge in [-0.3, -0.25) is 0 Å². The fraction of sp³-hybridized carbons (Fsp3) is 1.00. The number of aliphatic hydroxyl groups excluding tert-OH is 1. The summed E-state index contributed by atoms with van der Waals surface area (Å²) in [7, 11) is 3.28. The van der Waals surface area contributed by atoms with E-state index in [0.717, 1.165) is 0 Å². The number of aliphatic hydroxyl groups is 1. The third kappa shape index (κ3) is 2.08. The van der Waals surface area contributed by atoms with Crippen LogP contribution < -0.4 is 0 Å². The quantitative estimate of drug-likeness (QED) is 0.738. The summed E-state index contributed by atoms with van der Waals surface area (Å²) >= 11 is 0. The zero-order valence-electron chi connectivity index (χ0n) is 9.32. The molecule has 0 aliphatic carbocycles. The fourth-order valence-electron chi connectivity index (χ4n) is 2.08. The van der Waals surface area contributed by atoms with Crippen LogP contribution in [0.25, 0.3) is 0 Å². The van der Waals surface area contributed by atoms with E-state index in [1.165, 1.54) is 0 Å². The summed E-state index contributed by atoms with van der Waals surface area (Å²) in [5, 5.41) is 9.29. The molecule has 0 amide bonds. The second kappa shape index (κ2) is 4.57. The van der Waals surface area contributed by atoms with Crippen molar-refractivity contribution in [3.05, 3.63) is 0 Å². The van der Waals surface area contributed by atoms with Crippen LogP contribution in [0.1, 0.15) is 20.3 Å². The Kier molecular flexibility index (Phi) is 3.89. The molecule has 14 heavy (non-hydrogen) atoms. The van der Waals surface area contributed by atoms with Gasteiger partial charge in [0, 0.05) is 26.6 Å². The average molecular weight is 204 g/mol. The van der Waals surface area contributed by atoms with Gasteiger partial charge in [-0.15, -0.1) is 0 Å². The molecule has 1 unspecified atom stereocenters. The van der Waals surface area contributed by atoms with Gasteiger partial charge in [0.05, 0.1) is 18.3 Å². The standard InChI is InChI=1S/C10H20O4/c1-7-8(6-11)10(2,13-4)5-9(12-3)14-7/h7-9,11H,5-6H2,1-4H3/t7-,8?,9+,10+/m0/s1. The zero-order valence-corrected chi connectivity index (χ0v) is 9.32. The van der Waals surface area contributed by atoms with Crippen LogP contribution in [0.4, 0.5) is 0 Å². The molecule has 4 heteroatoms. The first-order valence-corrected chi connectivity index (χ1v) is 4.91. The Morgan fingerprint density at radius 3 is 2.57 bits per heavy atom. The lowest BCUT2D eigenvalue weighted by Crippen LogP contribution is -2.53. The Morgan fingerprint density at radius 2 is 2.14 bits per heavy atom. The van der Waals surface area contributed by atoms with E-state index >= 15 is 0 Å². The van der Waals surface area contributed by atoms with Gasteiger partial charge in [0.25, 0.3) is 0 Å². The highest BCUT2D eigenvalue weighted by Crippen LogP contribution is 2.36. The molecule has 4 atom stereocenters. The van der Waals surface area contributed by atoms with Crippen LogP contribution in [0.15, 0.2) is 0 Å². The molecule has 0 aromatic carbocycles. The van der Waals surface area contributed by atoms with E-state index in [2.05, 4.69) is 0 Å². The molecule has 1 aliphatic rings. The Bertz CT molecular complexity index is 185. The normalized spacial score (nSPS) is 43.9. The molecular formula is C10H20O4. The topological polar surface area (TPSA) is 47.9 Å². The third-order valence-electron chi connectivity index (χ3n) is 3.22. The average Bonchev–Trinajstić information content (AvgIpc) is 2.17. The van der Waals surface area contributed by atoms with Crippen molar-refractivity contribution in [2.75, 3.05) is 20.8 Å². The highest BCUT2D eigenvalue weighted by molar-refractivity contribution is 4.91. The largest absolute Gasteiger partial charge is 0.396 e. The van der Waals surface area contributed by atoms with Crippen LogP contribution in [-0.4, -0.2) is 43.9 Å². The number of methoxy groups -OCH3 is 2. The van der Waals surface area contributed by atoms with E-state index in [9.17, 15) is 5.11 Å². The summed E-state index contributed by atoms with van der Waals surface area (Å²) in [6.45, 7) is 3.99. The minimum absolute atomic E-state index is 0.00102. The first kappa shape index (κ1) is 11.9. The molecule has 1 fully saturated rings. The van der Waals surface area contributed by atoms with Gasteiger partial charge < -0.3 is 19.3 Å². The molecule has 1 rings (SSSR count). The van der Waals surface area contributed by atoms with E-state index < -0.39 is 0 Å². The molecule has 1 aliphatic heterocycles. The molecule has 0 saturated carbocycles. The van der Waals surface area contributed by atoms with Crippen molar-refractivity contribution in [3.8, 4) is 0 Å². The predicted molar refractivity (Wildman–Crippen MR) is 52.0 cm³/mol. The van der Waals surface area contributed by atoms with Crippen molar-refractivity contribution in [2.24, 2.45) is 5.92 Å². The number of ether oxygens (including phenoxy) is 3. The van der Waals surface area contributed by atoms with Gasteiger partial charge in [0.15, 0.2) is 6.29 Å². The molecule has 0 bridgehead atoms. The van der Waals surface area contributed by atoms with Gasteiger partial charge in [0.2, 0.25) is 0 Å². The van der Waals surface area contributed by atoms with E-state index in [1.807, 2.05) is 13.8 Å². The predicted octanol–water partition coefficient (Wildman–Crippen LogP) is 0.781. The van der Waals surface area contributed by atoms with E-state index in [4.69, 9.17) is 14.2 Å². The highest BCUT2D eigenvalue weighted by Gasteiger charge is 2.45. The van der Waals surface area contributed by atoms with Gasteiger partial charge in [-0.2, -0.15) is 0 Å². The maximum atomic E-state index is 9.29. The summed E-state index contributed by atoms with van der Waals surface area (Å²) in [5.41, 5.74) is -0.368. The lowest BCUT2D eigenvalue weighted by Gasteiger charge is -2.45. The van der Waals surface area contributed by atoms with Crippen molar-refractivity contribution in [1.82, 2.24) is 0 Å². The second-order valence-electron chi connectivity index (χ2n) is 4.02. The zero-order chi connectivity index (χ0) is 10.8.